The zero-order valence-electron chi connectivity index (χ0n) is 16.2. The van der Waals surface area contributed by atoms with Crippen LogP contribution in [0.15, 0.2) is 24.3 Å². The number of hydrogen-bond donors (Lipinski definition) is 2. The lowest BCUT2D eigenvalue weighted by Crippen LogP contribution is -2.32. The number of hydrogen-bond acceptors (Lipinski definition) is 5. The first-order valence-electron chi connectivity index (χ1n) is 8.73. The molecule has 0 radical (unpaired) electrons. The van der Waals surface area contributed by atoms with E-state index in [1.54, 1.807) is 42.9 Å². The standard InChI is InChI=1S/C19H23ClN4O4/c1-11-17(12(2)24(4)23-11)22-18(26)13(3)28-16(25)9-10-21-19(27)14-5-7-15(20)8-6-14/h5-8,13H,9-10H2,1-4H3,(H,21,27)(H,22,26)/t13-/m0/s1. The Hall–Kier alpha value is -2.87. The van der Waals surface area contributed by atoms with Crippen LogP contribution in [-0.4, -0.2) is 40.2 Å². The van der Waals surface area contributed by atoms with Gasteiger partial charge >= 0.3 is 5.97 Å². The highest BCUT2D eigenvalue weighted by molar-refractivity contribution is 6.30. The van der Waals surface area contributed by atoms with Gasteiger partial charge in [0.25, 0.3) is 11.8 Å². The highest BCUT2D eigenvalue weighted by atomic mass is 35.5. The molecular weight excluding hydrogens is 384 g/mol. The minimum atomic E-state index is -0.974. The third-order valence-corrected chi connectivity index (χ3v) is 4.41. The molecule has 9 heteroatoms. The predicted octanol–water partition coefficient (Wildman–Crippen LogP) is 2.38. The van der Waals surface area contributed by atoms with Crippen LogP contribution in [0.3, 0.4) is 0 Å². The molecule has 8 nitrogen and oxygen atoms in total. The lowest BCUT2D eigenvalue weighted by Gasteiger charge is -2.14. The van der Waals surface area contributed by atoms with Crippen molar-refractivity contribution in [3.63, 3.8) is 0 Å². The molecule has 0 fully saturated rings. The highest BCUT2D eigenvalue weighted by Gasteiger charge is 2.20. The number of nitrogens with zero attached hydrogens (tertiary/aromatic N) is 2. The minimum Gasteiger partial charge on any atom is -0.452 e. The number of rotatable bonds is 7. The molecule has 0 saturated carbocycles. The number of nitrogens with one attached hydrogen (secondary N) is 2. The fraction of sp³-hybridized carbons (Fsp3) is 0.368. The predicted molar refractivity (Wildman–Crippen MR) is 105 cm³/mol. The van der Waals surface area contributed by atoms with Crippen molar-refractivity contribution >= 4 is 35.1 Å². The number of halogens is 1. The molecule has 0 aliphatic rings. The van der Waals surface area contributed by atoms with Gasteiger partial charge in [-0.25, -0.2) is 0 Å². The smallest absolute Gasteiger partial charge is 0.308 e. The molecule has 2 aromatic rings. The van der Waals surface area contributed by atoms with Gasteiger partial charge < -0.3 is 15.4 Å². The van der Waals surface area contributed by atoms with Crippen LogP contribution in [0.4, 0.5) is 5.69 Å². The molecule has 2 rings (SSSR count). The van der Waals surface area contributed by atoms with Crippen LogP contribution in [0.1, 0.15) is 35.1 Å². The van der Waals surface area contributed by atoms with Crippen molar-refractivity contribution in [3.8, 4) is 0 Å². The molecule has 0 unspecified atom stereocenters. The van der Waals surface area contributed by atoms with Crippen molar-refractivity contribution in [2.24, 2.45) is 7.05 Å². The molecule has 28 heavy (non-hydrogen) atoms. The second kappa shape index (κ2) is 9.36. The molecule has 1 aromatic carbocycles. The number of amides is 2. The van der Waals surface area contributed by atoms with E-state index < -0.39 is 18.0 Å². The van der Waals surface area contributed by atoms with E-state index in [4.69, 9.17) is 16.3 Å². The van der Waals surface area contributed by atoms with Gasteiger partial charge in [-0.2, -0.15) is 5.10 Å². The van der Waals surface area contributed by atoms with Gasteiger partial charge in [0.05, 0.1) is 23.5 Å². The minimum absolute atomic E-state index is 0.0537. The van der Waals surface area contributed by atoms with Crippen molar-refractivity contribution in [3.05, 3.63) is 46.2 Å². The summed E-state index contributed by atoms with van der Waals surface area (Å²) in [6.07, 6.45) is -1.03. The summed E-state index contributed by atoms with van der Waals surface area (Å²) in [5.41, 5.74) is 2.52. The van der Waals surface area contributed by atoms with Crippen LogP contribution in [0.5, 0.6) is 0 Å². The lowest BCUT2D eigenvalue weighted by atomic mass is 10.2. The maximum absolute atomic E-state index is 12.3. The van der Waals surface area contributed by atoms with Gasteiger partial charge in [-0.1, -0.05) is 11.6 Å². The fourth-order valence-corrected chi connectivity index (χ4v) is 2.60. The van der Waals surface area contributed by atoms with E-state index in [9.17, 15) is 14.4 Å². The molecule has 150 valence electrons. The summed E-state index contributed by atoms with van der Waals surface area (Å²) in [4.78, 5) is 36.1. The van der Waals surface area contributed by atoms with Gasteiger partial charge in [-0.05, 0) is 45.0 Å². The highest BCUT2D eigenvalue weighted by Crippen LogP contribution is 2.18. The first-order chi connectivity index (χ1) is 13.2. The van der Waals surface area contributed by atoms with Gasteiger partial charge in [-0.3, -0.25) is 19.1 Å². The SMILES string of the molecule is Cc1nn(C)c(C)c1NC(=O)[C@H](C)OC(=O)CCNC(=O)c1ccc(Cl)cc1. The zero-order chi connectivity index (χ0) is 20.8. The topological polar surface area (TPSA) is 102 Å². The van der Waals surface area contributed by atoms with Gasteiger partial charge in [0, 0.05) is 24.2 Å². The third kappa shape index (κ3) is 5.56. The van der Waals surface area contributed by atoms with Crippen molar-refractivity contribution < 1.29 is 19.1 Å². The first kappa shape index (κ1) is 21.4. The number of benzene rings is 1. The Kier molecular flexibility index (Phi) is 7.17. The first-order valence-corrected chi connectivity index (χ1v) is 9.11. The summed E-state index contributed by atoms with van der Waals surface area (Å²) in [5, 5.41) is 10.1. The number of aryl methyl sites for hydroxylation is 2. The number of carbonyl (C=O) groups excluding carboxylic acids is 3. The Morgan fingerprint density at radius 2 is 1.86 bits per heavy atom. The molecule has 0 spiro atoms. The van der Waals surface area contributed by atoms with E-state index >= 15 is 0 Å². The van der Waals surface area contributed by atoms with Crippen LogP contribution < -0.4 is 10.6 Å². The summed E-state index contributed by atoms with van der Waals surface area (Å²) < 4.78 is 6.78. The molecule has 2 amide bonds. The normalized spacial score (nSPS) is 11.6. The summed E-state index contributed by atoms with van der Waals surface area (Å²) in [6.45, 7) is 5.19. The molecule has 0 bridgehead atoms. The summed E-state index contributed by atoms with van der Waals surface area (Å²) in [5.74, 6) is -1.35. The van der Waals surface area contributed by atoms with Crippen LogP contribution in [0.25, 0.3) is 0 Å². The Bertz CT molecular complexity index is 877. The van der Waals surface area contributed by atoms with E-state index in [1.165, 1.54) is 6.92 Å². The molecule has 1 aromatic heterocycles. The van der Waals surface area contributed by atoms with Gasteiger partial charge in [-0.15, -0.1) is 0 Å². The molecule has 1 atom stereocenters. The van der Waals surface area contributed by atoms with Gasteiger partial charge in [0.1, 0.15) is 0 Å². The Balaban J connectivity index is 1.78. The molecule has 2 N–H and O–H groups in total. The van der Waals surface area contributed by atoms with Crippen molar-refractivity contribution in [1.29, 1.82) is 0 Å². The van der Waals surface area contributed by atoms with Crippen LogP contribution >= 0.6 is 11.6 Å². The molecule has 0 aliphatic carbocycles. The maximum atomic E-state index is 12.3. The van der Waals surface area contributed by atoms with Crippen molar-refractivity contribution in [1.82, 2.24) is 15.1 Å². The van der Waals surface area contributed by atoms with E-state index in [-0.39, 0.29) is 18.9 Å². The largest absolute Gasteiger partial charge is 0.452 e. The average Bonchev–Trinajstić information content (AvgIpc) is 2.88. The maximum Gasteiger partial charge on any atom is 0.308 e. The summed E-state index contributed by atoms with van der Waals surface area (Å²) in [6, 6.07) is 6.39. The molecule has 0 aliphatic heterocycles. The van der Waals surface area contributed by atoms with E-state index in [1.807, 2.05) is 6.92 Å². The molecular formula is C19H23ClN4O4. The second-order valence-corrected chi connectivity index (χ2v) is 6.74. The Morgan fingerprint density at radius 1 is 1.21 bits per heavy atom. The van der Waals surface area contributed by atoms with Gasteiger partial charge in [0.2, 0.25) is 0 Å². The summed E-state index contributed by atoms with van der Waals surface area (Å²) >= 11 is 5.78. The van der Waals surface area contributed by atoms with Crippen LogP contribution in [0.2, 0.25) is 5.02 Å². The van der Waals surface area contributed by atoms with Crippen molar-refractivity contribution in [2.45, 2.75) is 33.3 Å². The third-order valence-electron chi connectivity index (χ3n) is 4.16. The van der Waals surface area contributed by atoms with Crippen molar-refractivity contribution in [2.75, 3.05) is 11.9 Å². The quantitative estimate of drug-likeness (QED) is 0.687. The lowest BCUT2D eigenvalue weighted by molar-refractivity contribution is -0.153. The van der Waals surface area contributed by atoms with E-state index in [2.05, 4.69) is 15.7 Å². The van der Waals surface area contributed by atoms with E-state index in [0.29, 0.717) is 22.0 Å². The monoisotopic (exact) mass is 406 g/mol. The van der Waals surface area contributed by atoms with Gasteiger partial charge in [0.15, 0.2) is 6.10 Å². The average molecular weight is 407 g/mol. The summed E-state index contributed by atoms with van der Waals surface area (Å²) in [7, 11) is 1.78. The Labute approximate surface area is 168 Å². The van der Waals surface area contributed by atoms with Crippen LogP contribution in [-0.2, 0) is 21.4 Å². The number of carbonyl (C=O) groups is 3. The second-order valence-electron chi connectivity index (χ2n) is 6.30. The van der Waals surface area contributed by atoms with Crippen LogP contribution in [0, 0.1) is 13.8 Å². The fourth-order valence-electron chi connectivity index (χ4n) is 2.47. The molecule has 0 saturated heterocycles. The number of aromatic nitrogens is 2. The Morgan fingerprint density at radius 3 is 2.43 bits per heavy atom. The van der Waals surface area contributed by atoms with E-state index in [0.717, 1.165) is 5.69 Å². The number of anilines is 1. The zero-order valence-corrected chi connectivity index (χ0v) is 17.0. The molecule has 1 heterocycles. The number of ether oxygens (including phenoxy) is 1. The number of esters is 1.